The van der Waals surface area contributed by atoms with Gasteiger partial charge in [0.15, 0.2) is 5.96 Å². The number of ether oxygens (including phenoxy) is 2. The average molecular weight is 357 g/mol. The first-order valence-electron chi connectivity index (χ1n) is 10.1. The zero-order chi connectivity index (χ0) is 18.2. The van der Waals surface area contributed by atoms with Gasteiger partial charge in [0.05, 0.1) is 6.10 Å². The van der Waals surface area contributed by atoms with Crippen molar-refractivity contribution in [1.29, 1.82) is 0 Å². The van der Waals surface area contributed by atoms with Crippen LogP contribution >= 0.6 is 0 Å². The summed E-state index contributed by atoms with van der Waals surface area (Å²) in [7, 11) is 3.89. The van der Waals surface area contributed by atoms with Crippen molar-refractivity contribution >= 4 is 5.96 Å². The summed E-state index contributed by atoms with van der Waals surface area (Å²) < 4.78 is 11.0. The molecule has 1 aliphatic carbocycles. The van der Waals surface area contributed by atoms with Crippen LogP contribution in [0.3, 0.4) is 0 Å². The number of nitrogens with one attached hydrogen (secondary N) is 2. The Labute approximate surface area is 154 Å². The molecule has 6 heteroatoms. The maximum absolute atomic E-state index is 5.96. The lowest BCUT2D eigenvalue weighted by Gasteiger charge is -2.21. The van der Waals surface area contributed by atoms with E-state index in [0.717, 1.165) is 64.7 Å². The molecule has 25 heavy (non-hydrogen) atoms. The van der Waals surface area contributed by atoms with Crippen LogP contribution in [-0.4, -0.2) is 77.1 Å². The molecule has 0 atom stereocenters. The topological polar surface area (TPSA) is 58.1 Å². The molecule has 0 unspecified atom stereocenters. The van der Waals surface area contributed by atoms with Gasteiger partial charge in [-0.05, 0) is 39.7 Å². The van der Waals surface area contributed by atoms with Gasteiger partial charge in [-0.2, -0.15) is 0 Å². The predicted octanol–water partition coefficient (Wildman–Crippen LogP) is 2.25. The third kappa shape index (κ3) is 12.2. The molecule has 1 rings (SSSR count). The predicted molar refractivity (Wildman–Crippen MR) is 105 cm³/mol. The minimum Gasteiger partial charge on any atom is -0.385 e. The average Bonchev–Trinajstić information content (AvgIpc) is 2.62. The maximum Gasteiger partial charge on any atom is 0.191 e. The molecule has 2 N–H and O–H groups in total. The number of aliphatic imine (C=N–C) groups is 1. The summed E-state index contributed by atoms with van der Waals surface area (Å²) in [4.78, 5) is 6.96. The summed E-state index contributed by atoms with van der Waals surface area (Å²) in [6.07, 6.45) is 9.08. The molecule has 0 aromatic heterocycles. The molecule has 1 fully saturated rings. The van der Waals surface area contributed by atoms with E-state index in [9.17, 15) is 0 Å². The van der Waals surface area contributed by atoms with Crippen molar-refractivity contribution in [2.45, 2.75) is 58.0 Å². The van der Waals surface area contributed by atoms with Crippen molar-refractivity contribution in [3.8, 4) is 0 Å². The van der Waals surface area contributed by atoms with Crippen molar-refractivity contribution in [2.75, 3.05) is 60.1 Å². The molecule has 0 aromatic rings. The van der Waals surface area contributed by atoms with E-state index in [1.165, 1.54) is 32.1 Å². The first-order chi connectivity index (χ1) is 12.3. The summed E-state index contributed by atoms with van der Waals surface area (Å²) in [6, 6.07) is 0. The van der Waals surface area contributed by atoms with E-state index in [4.69, 9.17) is 9.47 Å². The summed E-state index contributed by atoms with van der Waals surface area (Å²) in [5.74, 6) is 0.908. The molecular weight excluding hydrogens is 316 g/mol. The van der Waals surface area contributed by atoms with E-state index in [1.54, 1.807) is 7.11 Å². The molecule has 0 heterocycles. The molecule has 0 aliphatic heterocycles. The molecule has 0 aromatic carbocycles. The van der Waals surface area contributed by atoms with Gasteiger partial charge in [0.25, 0.3) is 0 Å². The van der Waals surface area contributed by atoms with E-state index in [1.807, 2.05) is 0 Å². The normalized spacial score (nSPS) is 16.4. The zero-order valence-electron chi connectivity index (χ0n) is 16.7. The van der Waals surface area contributed by atoms with Crippen molar-refractivity contribution in [1.82, 2.24) is 15.5 Å². The van der Waals surface area contributed by atoms with Crippen LogP contribution in [0.1, 0.15) is 51.9 Å². The van der Waals surface area contributed by atoms with Gasteiger partial charge in [-0.25, -0.2) is 0 Å². The maximum atomic E-state index is 5.96. The van der Waals surface area contributed by atoms with E-state index < -0.39 is 0 Å². The fourth-order valence-corrected chi connectivity index (χ4v) is 3.03. The van der Waals surface area contributed by atoms with Crippen molar-refractivity contribution < 1.29 is 9.47 Å². The van der Waals surface area contributed by atoms with Crippen LogP contribution < -0.4 is 10.6 Å². The third-order valence-corrected chi connectivity index (χ3v) is 4.50. The van der Waals surface area contributed by atoms with Crippen molar-refractivity contribution in [2.24, 2.45) is 4.99 Å². The molecule has 6 nitrogen and oxygen atoms in total. The molecule has 0 bridgehead atoms. The van der Waals surface area contributed by atoms with Gasteiger partial charge in [0.1, 0.15) is 0 Å². The van der Waals surface area contributed by atoms with Crippen molar-refractivity contribution in [3.05, 3.63) is 0 Å². The third-order valence-electron chi connectivity index (χ3n) is 4.50. The first kappa shape index (κ1) is 22.2. The Hall–Kier alpha value is -0.850. The smallest absolute Gasteiger partial charge is 0.191 e. The Morgan fingerprint density at radius 2 is 1.88 bits per heavy atom. The summed E-state index contributed by atoms with van der Waals surface area (Å²) >= 11 is 0. The number of rotatable bonds is 13. The quantitative estimate of drug-likeness (QED) is 0.301. The highest BCUT2D eigenvalue weighted by molar-refractivity contribution is 5.79. The Kier molecular flexibility index (Phi) is 13.7. The lowest BCUT2D eigenvalue weighted by molar-refractivity contribution is 0.0281. The minimum absolute atomic E-state index is 0.498. The fourth-order valence-electron chi connectivity index (χ4n) is 3.03. The standard InChI is InChI=1S/C19H40N4O2/c1-4-20-19(22-13-15-23(2)14-9-16-24-3)21-12-8-17-25-18-10-6-5-7-11-18/h18H,4-17H2,1-3H3,(H2,20,21,22). The second-order valence-electron chi connectivity index (χ2n) is 6.82. The molecule has 148 valence electrons. The molecule has 1 saturated carbocycles. The zero-order valence-corrected chi connectivity index (χ0v) is 16.7. The minimum atomic E-state index is 0.498. The van der Waals surface area contributed by atoms with Gasteiger partial charge in [-0.3, -0.25) is 4.99 Å². The van der Waals surface area contributed by atoms with Crippen LogP contribution in [0.15, 0.2) is 4.99 Å². The van der Waals surface area contributed by atoms with Crippen LogP contribution in [0.5, 0.6) is 0 Å². The second-order valence-corrected chi connectivity index (χ2v) is 6.82. The van der Waals surface area contributed by atoms with Crippen LogP contribution in [0, 0.1) is 0 Å². The summed E-state index contributed by atoms with van der Waals surface area (Å²) in [5.41, 5.74) is 0. The SMILES string of the molecule is CCNC(=NCCCOC1CCCCC1)NCCN(C)CCCOC. The number of hydrogen-bond donors (Lipinski definition) is 2. The summed E-state index contributed by atoms with van der Waals surface area (Å²) in [5, 5.41) is 6.72. The Morgan fingerprint density at radius 3 is 2.60 bits per heavy atom. The van der Waals surface area contributed by atoms with Gasteiger partial charge in [0, 0.05) is 53.0 Å². The van der Waals surface area contributed by atoms with Crippen LogP contribution in [-0.2, 0) is 9.47 Å². The van der Waals surface area contributed by atoms with Gasteiger partial charge in [-0.1, -0.05) is 19.3 Å². The second kappa shape index (κ2) is 15.4. The van der Waals surface area contributed by atoms with Crippen molar-refractivity contribution in [3.63, 3.8) is 0 Å². The number of nitrogens with zero attached hydrogens (tertiary/aromatic N) is 2. The lowest BCUT2D eigenvalue weighted by Crippen LogP contribution is -2.41. The van der Waals surface area contributed by atoms with Crippen LogP contribution in [0.25, 0.3) is 0 Å². The number of hydrogen-bond acceptors (Lipinski definition) is 4. The highest BCUT2D eigenvalue weighted by atomic mass is 16.5. The van der Waals surface area contributed by atoms with Gasteiger partial charge >= 0.3 is 0 Å². The Balaban J connectivity index is 2.11. The molecule has 0 radical (unpaired) electrons. The fraction of sp³-hybridized carbons (Fsp3) is 0.947. The van der Waals surface area contributed by atoms with E-state index >= 15 is 0 Å². The molecular formula is C19H40N4O2. The Morgan fingerprint density at radius 1 is 1.08 bits per heavy atom. The van der Waals surface area contributed by atoms with E-state index in [0.29, 0.717) is 6.10 Å². The summed E-state index contributed by atoms with van der Waals surface area (Å²) in [6.45, 7) is 8.40. The van der Waals surface area contributed by atoms with Crippen LogP contribution in [0.4, 0.5) is 0 Å². The van der Waals surface area contributed by atoms with E-state index in [2.05, 4.69) is 34.5 Å². The number of guanidine groups is 1. The van der Waals surface area contributed by atoms with Crippen LogP contribution in [0.2, 0.25) is 0 Å². The highest BCUT2D eigenvalue weighted by Gasteiger charge is 2.12. The van der Waals surface area contributed by atoms with Gasteiger partial charge in [0.2, 0.25) is 0 Å². The van der Waals surface area contributed by atoms with Gasteiger partial charge < -0.3 is 25.0 Å². The monoisotopic (exact) mass is 356 g/mol. The largest absolute Gasteiger partial charge is 0.385 e. The molecule has 0 amide bonds. The molecule has 0 saturated heterocycles. The van der Waals surface area contributed by atoms with E-state index in [-0.39, 0.29) is 0 Å². The highest BCUT2D eigenvalue weighted by Crippen LogP contribution is 2.20. The molecule has 0 spiro atoms. The Bertz CT molecular complexity index is 333. The molecule has 1 aliphatic rings. The lowest BCUT2D eigenvalue weighted by atomic mass is 9.98. The number of likely N-dealkylation sites (N-methyl/N-ethyl adjacent to an activating group) is 1. The first-order valence-corrected chi connectivity index (χ1v) is 10.1. The number of methoxy groups -OCH3 is 1. The van der Waals surface area contributed by atoms with Gasteiger partial charge in [-0.15, -0.1) is 0 Å².